The highest BCUT2D eigenvalue weighted by Crippen LogP contribution is 2.38. The van der Waals surface area contributed by atoms with E-state index in [1.807, 2.05) is 0 Å². The molecule has 1 amide bonds. The van der Waals surface area contributed by atoms with Crippen molar-refractivity contribution in [1.82, 2.24) is 4.57 Å². The maximum atomic E-state index is 12.4. The molecule has 0 aliphatic heterocycles. The van der Waals surface area contributed by atoms with E-state index < -0.39 is 11.9 Å². The van der Waals surface area contributed by atoms with Gasteiger partial charge in [0.2, 0.25) is 0 Å². The number of thiophene rings is 1. The summed E-state index contributed by atoms with van der Waals surface area (Å²) in [7, 11) is 2.95. The Morgan fingerprint density at radius 1 is 1.29 bits per heavy atom. The van der Waals surface area contributed by atoms with E-state index in [1.54, 1.807) is 13.1 Å². The van der Waals surface area contributed by atoms with Crippen LogP contribution in [-0.2, 0) is 24.6 Å². The smallest absolute Gasteiger partial charge is 0.341 e. The summed E-state index contributed by atoms with van der Waals surface area (Å²) in [6.45, 7) is 0. The van der Waals surface area contributed by atoms with Gasteiger partial charge in [0, 0.05) is 29.8 Å². The van der Waals surface area contributed by atoms with Gasteiger partial charge in [0.1, 0.15) is 5.00 Å². The molecule has 0 aromatic carbocycles. The molecule has 1 aliphatic rings. The lowest BCUT2D eigenvalue weighted by Crippen LogP contribution is -2.20. The Balaban J connectivity index is 1.95. The van der Waals surface area contributed by atoms with E-state index in [0.717, 1.165) is 36.1 Å². The third-order valence-electron chi connectivity index (χ3n) is 4.15. The number of methoxy groups -OCH3 is 1. The molecule has 3 rings (SSSR count). The number of rotatable bonds is 3. The Labute approximate surface area is 143 Å². The van der Waals surface area contributed by atoms with Crippen molar-refractivity contribution >= 4 is 28.2 Å². The minimum Gasteiger partial charge on any atom is -0.465 e. The van der Waals surface area contributed by atoms with Crippen molar-refractivity contribution in [1.29, 1.82) is 0 Å². The van der Waals surface area contributed by atoms with Crippen molar-refractivity contribution < 1.29 is 14.3 Å². The van der Waals surface area contributed by atoms with E-state index in [4.69, 9.17) is 4.74 Å². The van der Waals surface area contributed by atoms with Gasteiger partial charge >= 0.3 is 5.97 Å². The fourth-order valence-corrected chi connectivity index (χ4v) is 4.11. The number of nitrogens with one attached hydrogen (secondary N) is 1. The highest BCUT2D eigenvalue weighted by molar-refractivity contribution is 7.17. The third-order valence-corrected chi connectivity index (χ3v) is 5.36. The molecule has 6 nitrogen and oxygen atoms in total. The summed E-state index contributed by atoms with van der Waals surface area (Å²) in [5.74, 6) is -0.842. The summed E-state index contributed by atoms with van der Waals surface area (Å²) in [5, 5.41) is 3.28. The lowest BCUT2D eigenvalue weighted by Gasteiger charge is -2.11. The Kier molecular flexibility index (Phi) is 4.53. The quantitative estimate of drug-likeness (QED) is 0.866. The van der Waals surface area contributed by atoms with Gasteiger partial charge in [-0.2, -0.15) is 0 Å². The van der Waals surface area contributed by atoms with Crippen molar-refractivity contribution in [3.05, 3.63) is 50.3 Å². The molecule has 2 heterocycles. The van der Waals surface area contributed by atoms with Crippen molar-refractivity contribution in [2.24, 2.45) is 7.05 Å². The van der Waals surface area contributed by atoms with Crippen LogP contribution in [0.1, 0.15) is 44.0 Å². The summed E-state index contributed by atoms with van der Waals surface area (Å²) in [5.41, 5.74) is 1.44. The molecule has 0 radical (unpaired) electrons. The zero-order chi connectivity index (χ0) is 17.3. The number of hydrogen-bond donors (Lipinski definition) is 1. The van der Waals surface area contributed by atoms with Crippen LogP contribution in [0, 0.1) is 0 Å². The minimum absolute atomic E-state index is 0.263. The molecule has 24 heavy (non-hydrogen) atoms. The first-order valence-corrected chi connectivity index (χ1v) is 8.53. The normalized spacial score (nSPS) is 13.2. The second-order valence-corrected chi connectivity index (χ2v) is 6.83. The van der Waals surface area contributed by atoms with Crippen LogP contribution >= 0.6 is 11.3 Å². The lowest BCUT2D eigenvalue weighted by atomic mass is 9.95. The molecule has 0 fully saturated rings. The zero-order valence-electron chi connectivity index (χ0n) is 13.5. The number of fused-ring (bicyclic) bond motifs is 1. The lowest BCUT2D eigenvalue weighted by molar-refractivity contribution is 0.0601. The first-order valence-electron chi connectivity index (χ1n) is 7.72. The van der Waals surface area contributed by atoms with Gasteiger partial charge in [-0.05, 0) is 37.3 Å². The molecule has 1 N–H and O–H groups in total. The number of pyridine rings is 1. The van der Waals surface area contributed by atoms with Crippen LogP contribution < -0.4 is 10.9 Å². The Morgan fingerprint density at radius 3 is 2.75 bits per heavy atom. The first kappa shape index (κ1) is 16.4. The number of hydrogen-bond acceptors (Lipinski definition) is 5. The predicted molar refractivity (Wildman–Crippen MR) is 91.9 cm³/mol. The standard InChI is InChI=1S/C17H18N2O4S/c1-19-8-7-10(9-13(19)20)15(21)18-16-14(17(22)23-2)11-5-3-4-6-12(11)24-16/h7-9H,3-6H2,1-2H3,(H,18,21). The number of esters is 1. The van der Waals surface area contributed by atoms with Crippen molar-refractivity contribution in [3.63, 3.8) is 0 Å². The monoisotopic (exact) mass is 346 g/mol. The molecule has 0 unspecified atom stereocenters. The second kappa shape index (κ2) is 6.60. The summed E-state index contributed by atoms with van der Waals surface area (Å²) >= 11 is 1.42. The maximum Gasteiger partial charge on any atom is 0.341 e. The fraction of sp³-hybridized carbons (Fsp3) is 0.353. The Morgan fingerprint density at radius 2 is 2.04 bits per heavy atom. The average Bonchev–Trinajstić information content (AvgIpc) is 2.94. The molecule has 7 heteroatoms. The van der Waals surface area contributed by atoms with Crippen LogP contribution in [0.2, 0.25) is 0 Å². The van der Waals surface area contributed by atoms with Crippen LogP contribution in [-0.4, -0.2) is 23.6 Å². The fourth-order valence-electron chi connectivity index (χ4n) is 2.84. The molecule has 1 aliphatic carbocycles. The molecular weight excluding hydrogens is 328 g/mol. The minimum atomic E-state index is -0.436. The molecule has 0 spiro atoms. The molecule has 0 saturated carbocycles. The van der Waals surface area contributed by atoms with E-state index in [9.17, 15) is 14.4 Å². The largest absolute Gasteiger partial charge is 0.465 e. The van der Waals surface area contributed by atoms with Crippen LogP contribution in [0.15, 0.2) is 23.1 Å². The summed E-state index contributed by atoms with van der Waals surface area (Å²) in [4.78, 5) is 37.4. The average molecular weight is 346 g/mol. The van der Waals surface area contributed by atoms with Crippen LogP contribution in [0.3, 0.4) is 0 Å². The maximum absolute atomic E-state index is 12.4. The van der Waals surface area contributed by atoms with E-state index in [2.05, 4.69) is 5.32 Å². The van der Waals surface area contributed by atoms with Gasteiger partial charge in [-0.15, -0.1) is 11.3 Å². The number of carbonyl (C=O) groups excluding carboxylic acids is 2. The number of nitrogens with zero attached hydrogens (tertiary/aromatic N) is 1. The number of anilines is 1. The molecule has 0 atom stereocenters. The Hall–Kier alpha value is -2.41. The van der Waals surface area contributed by atoms with E-state index >= 15 is 0 Å². The van der Waals surface area contributed by atoms with Crippen LogP contribution in [0.5, 0.6) is 0 Å². The van der Waals surface area contributed by atoms with E-state index in [0.29, 0.717) is 10.6 Å². The molecule has 126 valence electrons. The highest BCUT2D eigenvalue weighted by atomic mass is 32.1. The molecule has 2 aromatic heterocycles. The highest BCUT2D eigenvalue weighted by Gasteiger charge is 2.27. The van der Waals surface area contributed by atoms with E-state index in [-0.39, 0.29) is 11.1 Å². The van der Waals surface area contributed by atoms with Gasteiger partial charge in [0.15, 0.2) is 0 Å². The number of aromatic nitrogens is 1. The van der Waals surface area contributed by atoms with Crippen molar-refractivity contribution in [2.75, 3.05) is 12.4 Å². The van der Waals surface area contributed by atoms with Crippen LogP contribution in [0.4, 0.5) is 5.00 Å². The van der Waals surface area contributed by atoms with Gasteiger partial charge in [-0.3, -0.25) is 9.59 Å². The SMILES string of the molecule is COC(=O)c1c(NC(=O)c2ccn(C)c(=O)c2)sc2c1CCCC2. The number of aryl methyl sites for hydroxylation is 2. The van der Waals surface area contributed by atoms with E-state index in [1.165, 1.54) is 35.3 Å². The third kappa shape index (κ3) is 2.99. The van der Waals surface area contributed by atoms with Crippen molar-refractivity contribution in [2.45, 2.75) is 25.7 Å². The molecule has 2 aromatic rings. The number of ether oxygens (including phenoxy) is 1. The predicted octanol–water partition coefficient (Wildman–Crippen LogP) is 2.36. The zero-order valence-corrected chi connectivity index (χ0v) is 14.4. The van der Waals surface area contributed by atoms with Gasteiger partial charge in [0.05, 0.1) is 12.7 Å². The topological polar surface area (TPSA) is 77.4 Å². The van der Waals surface area contributed by atoms with Gasteiger partial charge in [-0.25, -0.2) is 4.79 Å². The summed E-state index contributed by atoms with van der Waals surface area (Å²) < 4.78 is 6.28. The molecule has 0 saturated heterocycles. The van der Waals surface area contributed by atoms with Gasteiger partial charge < -0.3 is 14.6 Å². The molecular formula is C17H18N2O4S. The molecule has 0 bridgehead atoms. The van der Waals surface area contributed by atoms with Crippen LogP contribution in [0.25, 0.3) is 0 Å². The number of carbonyl (C=O) groups is 2. The van der Waals surface area contributed by atoms with Crippen molar-refractivity contribution in [3.8, 4) is 0 Å². The first-order chi connectivity index (χ1) is 11.5. The van der Waals surface area contributed by atoms with Gasteiger partial charge in [0.25, 0.3) is 11.5 Å². The number of amides is 1. The summed E-state index contributed by atoms with van der Waals surface area (Å²) in [6.07, 6.45) is 5.37. The second-order valence-electron chi connectivity index (χ2n) is 5.73. The Bertz CT molecular complexity index is 866. The summed E-state index contributed by atoms with van der Waals surface area (Å²) in [6, 6.07) is 2.85. The van der Waals surface area contributed by atoms with Gasteiger partial charge in [-0.1, -0.05) is 0 Å².